The van der Waals surface area contributed by atoms with Crippen molar-refractivity contribution in [2.24, 2.45) is 0 Å². The molecule has 2 aromatic heterocycles. The van der Waals surface area contributed by atoms with E-state index in [-0.39, 0.29) is 5.75 Å². The van der Waals surface area contributed by atoms with Crippen LogP contribution < -0.4 is 10.1 Å². The van der Waals surface area contributed by atoms with Gasteiger partial charge in [0.2, 0.25) is 5.95 Å². The van der Waals surface area contributed by atoms with Crippen LogP contribution >= 0.6 is 11.8 Å². The van der Waals surface area contributed by atoms with Gasteiger partial charge in [-0.25, -0.2) is 9.97 Å². The molecular weight excluding hydrogens is 372 g/mol. The number of para-hydroxylation sites is 1. The summed E-state index contributed by atoms with van der Waals surface area (Å²) in [6, 6.07) is 18.5. The molecule has 140 valence electrons. The van der Waals surface area contributed by atoms with Crippen molar-refractivity contribution in [1.29, 1.82) is 0 Å². The zero-order chi connectivity index (χ0) is 19.3. The van der Waals surface area contributed by atoms with E-state index in [1.165, 1.54) is 11.8 Å². The molecule has 0 spiro atoms. The maximum absolute atomic E-state index is 9.68. The number of H-pyrrole nitrogens is 1. The average molecular weight is 390 g/mol. The number of aryl methyl sites for hydroxylation is 1. The summed E-state index contributed by atoms with van der Waals surface area (Å²) in [5.74, 6) is 2.66. The second kappa shape index (κ2) is 8.06. The number of ether oxygens (including phenoxy) is 1. The Hall–Kier alpha value is -3.45. The van der Waals surface area contributed by atoms with Gasteiger partial charge in [-0.05, 0) is 37.3 Å². The summed E-state index contributed by atoms with van der Waals surface area (Å²) in [6.07, 6.45) is 3.50. The van der Waals surface area contributed by atoms with Crippen molar-refractivity contribution in [3.8, 4) is 17.2 Å². The summed E-state index contributed by atoms with van der Waals surface area (Å²) in [7, 11) is 0. The maximum Gasteiger partial charge on any atom is 0.206 e. The number of aromatic nitrogens is 3. The highest BCUT2D eigenvalue weighted by Crippen LogP contribution is 2.36. The first-order valence-electron chi connectivity index (χ1n) is 8.64. The molecule has 2 heterocycles. The van der Waals surface area contributed by atoms with Crippen LogP contribution in [0, 0.1) is 6.92 Å². The van der Waals surface area contributed by atoms with Crippen LogP contribution in [0.5, 0.6) is 17.2 Å². The fraction of sp³-hybridized carbons (Fsp3) is 0.0476. The number of aromatic hydroxyl groups is 1. The molecule has 6 nitrogen and oxygen atoms in total. The van der Waals surface area contributed by atoms with Crippen molar-refractivity contribution in [2.45, 2.75) is 16.7 Å². The lowest BCUT2D eigenvalue weighted by molar-refractivity contribution is 0.474. The maximum atomic E-state index is 9.68. The lowest BCUT2D eigenvalue weighted by Crippen LogP contribution is -1.99. The molecule has 0 aliphatic heterocycles. The minimum absolute atomic E-state index is 0.227. The van der Waals surface area contributed by atoms with Gasteiger partial charge in [0.15, 0.2) is 11.6 Å². The predicted octanol–water partition coefficient (Wildman–Crippen LogP) is 5.51. The van der Waals surface area contributed by atoms with Gasteiger partial charge >= 0.3 is 0 Å². The molecule has 4 aromatic rings. The first-order chi connectivity index (χ1) is 13.7. The van der Waals surface area contributed by atoms with Crippen LogP contribution in [0.2, 0.25) is 0 Å². The Bertz CT molecular complexity index is 1080. The van der Waals surface area contributed by atoms with Gasteiger partial charge in [-0.3, -0.25) is 0 Å². The number of hydrogen-bond acceptors (Lipinski definition) is 6. The molecule has 0 aliphatic rings. The number of benzene rings is 2. The summed E-state index contributed by atoms with van der Waals surface area (Å²) in [6.45, 7) is 1.93. The molecule has 2 aromatic carbocycles. The van der Waals surface area contributed by atoms with Crippen LogP contribution in [0.3, 0.4) is 0 Å². The van der Waals surface area contributed by atoms with Crippen molar-refractivity contribution in [1.82, 2.24) is 15.0 Å². The van der Waals surface area contributed by atoms with Gasteiger partial charge in [-0.2, -0.15) is 0 Å². The fourth-order valence-corrected chi connectivity index (χ4v) is 3.41. The minimum Gasteiger partial charge on any atom is -0.508 e. The van der Waals surface area contributed by atoms with Crippen molar-refractivity contribution >= 4 is 23.5 Å². The van der Waals surface area contributed by atoms with Gasteiger partial charge in [0.1, 0.15) is 11.5 Å². The molecule has 0 atom stereocenters. The Morgan fingerprint density at radius 2 is 1.82 bits per heavy atom. The number of pyridine rings is 1. The smallest absolute Gasteiger partial charge is 0.206 e. The number of nitrogens with zero attached hydrogens (tertiary/aromatic N) is 2. The molecule has 0 bridgehead atoms. The van der Waals surface area contributed by atoms with E-state index in [0.717, 1.165) is 15.5 Å². The minimum atomic E-state index is 0.227. The van der Waals surface area contributed by atoms with Crippen molar-refractivity contribution in [2.75, 3.05) is 5.32 Å². The van der Waals surface area contributed by atoms with Gasteiger partial charge < -0.3 is 20.1 Å². The van der Waals surface area contributed by atoms with E-state index in [4.69, 9.17) is 4.74 Å². The van der Waals surface area contributed by atoms with Crippen LogP contribution in [-0.2, 0) is 0 Å². The summed E-state index contributed by atoms with van der Waals surface area (Å²) < 4.78 is 6.06. The molecule has 4 rings (SSSR count). The molecule has 0 unspecified atom stereocenters. The average Bonchev–Trinajstić information content (AvgIpc) is 3.09. The van der Waals surface area contributed by atoms with Crippen molar-refractivity contribution in [3.05, 3.63) is 78.8 Å². The van der Waals surface area contributed by atoms with Crippen molar-refractivity contribution < 1.29 is 9.84 Å². The van der Waals surface area contributed by atoms with Crippen LogP contribution in [0.25, 0.3) is 0 Å². The number of phenols is 1. The molecule has 0 amide bonds. The summed E-state index contributed by atoms with van der Waals surface area (Å²) in [5, 5.41) is 12.8. The predicted molar refractivity (Wildman–Crippen MR) is 110 cm³/mol. The van der Waals surface area contributed by atoms with Gasteiger partial charge in [0, 0.05) is 33.9 Å². The summed E-state index contributed by atoms with van der Waals surface area (Å²) >= 11 is 1.49. The van der Waals surface area contributed by atoms with E-state index in [2.05, 4.69) is 20.3 Å². The second-order valence-electron chi connectivity index (χ2n) is 6.07. The molecule has 0 radical (unpaired) electrons. The van der Waals surface area contributed by atoms with Gasteiger partial charge in [-0.1, -0.05) is 36.0 Å². The SMILES string of the molecule is Cc1cnc(Nc2ncc(Sc3cccc(O)c3)cc2Oc2ccccc2)[nH]1. The zero-order valence-corrected chi connectivity index (χ0v) is 15.9. The molecule has 0 fully saturated rings. The van der Waals surface area contributed by atoms with Gasteiger partial charge in [0.25, 0.3) is 0 Å². The van der Waals surface area contributed by atoms with Gasteiger partial charge in [0.05, 0.1) is 0 Å². The second-order valence-corrected chi connectivity index (χ2v) is 7.22. The first kappa shape index (κ1) is 17.9. The molecule has 7 heteroatoms. The number of hydrogen-bond donors (Lipinski definition) is 3. The van der Waals surface area contributed by atoms with Crippen LogP contribution in [0.4, 0.5) is 11.8 Å². The normalized spacial score (nSPS) is 10.6. The molecule has 3 N–H and O–H groups in total. The van der Waals surface area contributed by atoms with Gasteiger partial charge in [-0.15, -0.1) is 0 Å². The van der Waals surface area contributed by atoms with Crippen LogP contribution in [0.15, 0.2) is 82.8 Å². The first-order valence-corrected chi connectivity index (χ1v) is 9.46. The topological polar surface area (TPSA) is 83.1 Å². The number of rotatable bonds is 6. The Labute approximate surface area is 166 Å². The molecule has 0 saturated carbocycles. The third kappa shape index (κ3) is 4.44. The highest BCUT2D eigenvalue weighted by molar-refractivity contribution is 7.99. The van der Waals surface area contributed by atoms with Crippen molar-refractivity contribution in [3.63, 3.8) is 0 Å². The molecular formula is C21H18N4O2S. The van der Waals surface area contributed by atoms with E-state index >= 15 is 0 Å². The number of aromatic amines is 1. The highest BCUT2D eigenvalue weighted by atomic mass is 32.2. The summed E-state index contributed by atoms with van der Waals surface area (Å²) in [4.78, 5) is 13.7. The zero-order valence-electron chi connectivity index (χ0n) is 15.1. The standard InChI is InChI=1S/C21H18N4O2S/c1-14-12-23-21(24-14)25-20-19(27-16-7-3-2-4-8-16)11-18(13-22-20)28-17-9-5-6-15(26)10-17/h2-13,26H,1H3,(H2,22,23,24,25). The number of nitrogens with one attached hydrogen (secondary N) is 2. The lowest BCUT2D eigenvalue weighted by atomic mass is 10.3. The van der Waals surface area contributed by atoms with Crippen LogP contribution in [-0.4, -0.2) is 20.1 Å². The number of phenolic OH excluding ortho intramolecular Hbond substituents is 1. The van der Waals surface area contributed by atoms with E-state index in [1.807, 2.05) is 55.5 Å². The molecule has 0 aliphatic carbocycles. The summed E-state index contributed by atoms with van der Waals surface area (Å²) in [5.41, 5.74) is 0.948. The van der Waals surface area contributed by atoms with E-state index in [1.54, 1.807) is 24.5 Å². The number of anilines is 2. The quantitative estimate of drug-likeness (QED) is 0.403. The van der Waals surface area contributed by atoms with Crippen LogP contribution in [0.1, 0.15) is 5.69 Å². The Morgan fingerprint density at radius 3 is 2.57 bits per heavy atom. The highest BCUT2D eigenvalue weighted by Gasteiger charge is 2.11. The number of imidazole rings is 1. The Balaban J connectivity index is 1.65. The third-order valence-electron chi connectivity index (χ3n) is 3.79. The van der Waals surface area contributed by atoms with E-state index in [9.17, 15) is 5.11 Å². The molecule has 0 saturated heterocycles. The largest absolute Gasteiger partial charge is 0.508 e. The molecule has 28 heavy (non-hydrogen) atoms. The van der Waals surface area contributed by atoms with E-state index < -0.39 is 0 Å². The Kier molecular flexibility index (Phi) is 5.16. The Morgan fingerprint density at radius 1 is 0.964 bits per heavy atom. The third-order valence-corrected chi connectivity index (χ3v) is 4.74. The lowest BCUT2D eigenvalue weighted by Gasteiger charge is -2.12. The van der Waals surface area contributed by atoms with E-state index in [0.29, 0.717) is 23.3 Å². The monoisotopic (exact) mass is 390 g/mol. The fourth-order valence-electron chi connectivity index (χ4n) is 2.54.